The van der Waals surface area contributed by atoms with Gasteiger partial charge in [0.1, 0.15) is 15.1 Å². The molecule has 0 saturated carbocycles. The van der Waals surface area contributed by atoms with E-state index in [1.807, 2.05) is 18.2 Å². The van der Waals surface area contributed by atoms with E-state index in [0.717, 1.165) is 10.5 Å². The van der Waals surface area contributed by atoms with Crippen LogP contribution in [0.4, 0.5) is 0 Å². The standard InChI is InChI=1S/C10H7NOS3/c12-7-3-1-6(2-4-7)5-8-9(13)11-10(14)15-8/h1-5,12H,(H,11,13,14). The Labute approximate surface area is 102 Å². The highest BCUT2D eigenvalue weighted by Crippen LogP contribution is 2.27. The summed E-state index contributed by atoms with van der Waals surface area (Å²) in [4.78, 5) is 1.61. The van der Waals surface area contributed by atoms with Crippen LogP contribution in [0.3, 0.4) is 0 Å². The van der Waals surface area contributed by atoms with Crippen LogP contribution in [0.15, 0.2) is 29.2 Å². The second-order valence-electron chi connectivity index (χ2n) is 2.94. The van der Waals surface area contributed by atoms with Gasteiger partial charge in [0.05, 0.1) is 0 Å². The lowest BCUT2D eigenvalue weighted by Gasteiger charge is -1.96. The number of phenols is 1. The summed E-state index contributed by atoms with van der Waals surface area (Å²) in [5.74, 6) is 0.257. The fourth-order valence-electron chi connectivity index (χ4n) is 1.14. The number of hydrogen-bond donors (Lipinski definition) is 2. The first-order chi connectivity index (χ1) is 7.15. The predicted molar refractivity (Wildman–Crippen MR) is 72.0 cm³/mol. The third-order valence-corrected chi connectivity index (χ3v) is 3.47. The zero-order chi connectivity index (χ0) is 10.8. The first-order valence-corrected chi connectivity index (χ1v) is 5.82. The number of benzene rings is 1. The zero-order valence-electron chi connectivity index (χ0n) is 7.56. The number of aromatic hydroxyl groups is 1. The van der Waals surface area contributed by atoms with Crippen LogP contribution < -0.4 is 5.32 Å². The van der Waals surface area contributed by atoms with Crippen LogP contribution in [0, 0.1) is 0 Å². The summed E-state index contributed by atoms with van der Waals surface area (Å²) in [7, 11) is 0. The summed E-state index contributed by atoms with van der Waals surface area (Å²) in [6, 6.07) is 6.93. The van der Waals surface area contributed by atoms with E-state index in [2.05, 4.69) is 5.32 Å². The van der Waals surface area contributed by atoms with Crippen molar-refractivity contribution >= 4 is 51.6 Å². The van der Waals surface area contributed by atoms with Gasteiger partial charge in [-0.1, -0.05) is 48.3 Å². The third-order valence-electron chi connectivity index (χ3n) is 1.83. The summed E-state index contributed by atoms with van der Waals surface area (Å²) in [6.45, 7) is 0. The Hall–Kier alpha value is -0.910. The Morgan fingerprint density at radius 3 is 2.40 bits per heavy atom. The maximum atomic E-state index is 9.13. The molecule has 15 heavy (non-hydrogen) atoms. The molecule has 0 aromatic heterocycles. The molecule has 1 aromatic rings. The van der Waals surface area contributed by atoms with Gasteiger partial charge in [-0.15, -0.1) is 0 Å². The molecule has 2 nitrogen and oxygen atoms in total. The molecule has 0 aliphatic carbocycles. The smallest absolute Gasteiger partial charge is 0.143 e. The van der Waals surface area contributed by atoms with Gasteiger partial charge in [0, 0.05) is 4.91 Å². The van der Waals surface area contributed by atoms with E-state index in [9.17, 15) is 0 Å². The van der Waals surface area contributed by atoms with Gasteiger partial charge >= 0.3 is 0 Å². The van der Waals surface area contributed by atoms with Crippen molar-refractivity contribution in [1.82, 2.24) is 5.32 Å². The van der Waals surface area contributed by atoms with E-state index in [1.165, 1.54) is 11.8 Å². The Balaban J connectivity index is 2.27. The first kappa shape index (κ1) is 10.6. The van der Waals surface area contributed by atoms with E-state index < -0.39 is 0 Å². The van der Waals surface area contributed by atoms with E-state index in [4.69, 9.17) is 29.5 Å². The fraction of sp³-hybridized carbons (Fsp3) is 0. The van der Waals surface area contributed by atoms with Crippen molar-refractivity contribution in [2.24, 2.45) is 0 Å². The van der Waals surface area contributed by atoms with Crippen LogP contribution in [-0.4, -0.2) is 14.4 Å². The second-order valence-corrected chi connectivity index (χ2v) is 5.07. The maximum Gasteiger partial charge on any atom is 0.143 e. The normalized spacial score (nSPS) is 18.3. The summed E-state index contributed by atoms with van der Waals surface area (Å²) >= 11 is 11.5. The van der Waals surface area contributed by atoms with Crippen molar-refractivity contribution in [3.8, 4) is 5.75 Å². The van der Waals surface area contributed by atoms with E-state index >= 15 is 0 Å². The van der Waals surface area contributed by atoms with Gasteiger partial charge in [0.2, 0.25) is 0 Å². The van der Waals surface area contributed by atoms with Crippen molar-refractivity contribution in [3.63, 3.8) is 0 Å². The fourth-order valence-corrected chi connectivity index (χ4v) is 2.62. The van der Waals surface area contributed by atoms with Crippen LogP contribution >= 0.6 is 36.2 Å². The predicted octanol–water partition coefficient (Wildman–Crippen LogP) is 2.68. The van der Waals surface area contributed by atoms with Crippen LogP contribution in [0.1, 0.15) is 5.56 Å². The molecule has 1 saturated heterocycles. The Morgan fingerprint density at radius 2 is 1.87 bits per heavy atom. The number of nitrogens with one attached hydrogen (secondary N) is 1. The lowest BCUT2D eigenvalue weighted by atomic mass is 10.2. The number of thioether (sulfide) groups is 1. The lowest BCUT2D eigenvalue weighted by molar-refractivity contribution is 0.475. The summed E-state index contributed by atoms with van der Waals surface area (Å²) in [6.07, 6.45) is 1.94. The van der Waals surface area contributed by atoms with Gasteiger partial charge in [-0.2, -0.15) is 0 Å². The lowest BCUT2D eigenvalue weighted by Crippen LogP contribution is -2.15. The third kappa shape index (κ3) is 2.56. The highest BCUT2D eigenvalue weighted by molar-refractivity contribution is 8.27. The van der Waals surface area contributed by atoms with Gasteiger partial charge in [-0.25, -0.2) is 0 Å². The molecule has 0 amide bonds. The van der Waals surface area contributed by atoms with E-state index in [0.29, 0.717) is 9.31 Å². The molecule has 5 heteroatoms. The molecule has 0 bridgehead atoms. The van der Waals surface area contributed by atoms with Crippen molar-refractivity contribution in [2.75, 3.05) is 0 Å². The molecule has 2 N–H and O–H groups in total. The minimum atomic E-state index is 0.257. The quantitative estimate of drug-likeness (QED) is 0.594. The van der Waals surface area contributed by atoms with Crippen molar-refractivity contribution < 1.29 is 5.11 Å². The minimum Gasteiger partial charge on any atom is -0.508 e. The van der Waals surface area contributed by atoms with Gasteiger partial charge < -0.3 is 10.4 Å². The van der Waals surface area contributed by atoms with Gasteiger partial charge in [-0.05, 0) is 23.8 Å². The molecule has 1 aromatic carbocycles. The second kappa shape index (κ2) is 4.30. The molecule has 0 unspecified atom stereocenters. The summed E-state index contributed by atoms with van der Waals surface area (Å²) in [5, 5.41) is 12.0. The largest absolute Gasteiger partial charge is 0.508 e. The molecule has 0 radical (unpaired) electrons. The summed E-state index contributed by atoms with van der Waals surface area (Å²) in [5.41, 5.74) is 0.990. The number of hydrogen-bond acceptors (Lipinski definition) is 4. The Kier molecular flexibility index (Phi) is 3.04. The minimum absolute atomic E-state index is 0.257. The molecular weight excluding hydrogens is 246 g/mol. The molecule has 0 spiro atoms. The molecule has 1 heterocycles. The summed E-state index contributed by atoms with van der Waals surface area (Å²) < 4.78 is 0.685. The monoisotopic (exact) mass is 253 g/mol. The Morgan fingerprint density at radius 1 is 1.20 bits per heavy atom. The van der Waals surface area contributed by atoms with Crippen LogP contribution in [-0.2, 0) is 0 Å². The number of phenolic OH excluding ortho intramolecular Hbond substituents is 1. The molecule has 0 atom stereocenters. The van der Waals surface area contributed by atoms with Crippen LogP contribution in [0.5, 0.6) is 5.75 Å². The average Bonchev–Trinajstić information content (AvgIpc) is 2.49. The topological polar surface area (TPSA) is 32.3 Å². The van der Waals surface area contributed by atoms with Crippen molar-refractivity contribution in [1.29, 1.82) is 0 Å². The molecule has 1 aliphatic heterocycles. The zero-order valence-corrected chi connectivity index (χ0v) is 10.0. The maximum absolute atomic E-state index is 9.13. The highest BCUT2D eigenvalue weighted by Gasteiger charge is 2.17. The van der Waals surface area contributed by atoms with Crippen LogP contribution in [0.25, 0.3) is 6.08 Å². The molecule has 1 fully saturated rings. The Bertz CT molecular complexity index is 450. The SMILES string of the molecule is Oc1ccc(C=C2SC(=S)NC2=S)cc1. The molecule has 1 aliphatic rings. The average molecular weight is 253 g/mol. The molecule has 2 rings (SSSR count). The number of thiocarbonyl (C=S) groups is 2. The van der Waals surface area contributed by atoms with Crippen molar-refractivity contribution in [2.45, 2.75) is 0 Å². The highest BCUT2D eigenvalue weighted by atomic mass is 32.2. The molecule has 76 valence electrons. The van der Waals surface area contributed by atoms with Gasteiger partial charge in [0.15, 0.2) is 0 Å². The van der Waals surface area contributed by atoms with Gasteiger partial charge in [0.25, 0.3) is 0 Å². The van der Waals surface area contributed by atoms with Crippen LogP contribution in [0.2, 0.25) is 0 Å². The number of rotatable bonds is 1. The van der Waals surface area contributed by atoms with Gasteiger partial charge in [-0.3, -0.25) is 0 Å². The van der Waals surface area contributed by atoms with Crippen molar-refractivity contribution in [3.05, 3.63) is 34.7 Å². The van der Waals surface area contributed by atoms with E-state index in [-0.39, 0.29) is 5.75 Å². The first-order valence-electron chi connectivity index (χ1n) is 4.19. The molecular formula is C10H7NOS3. The van der Waals surface area contributed by atoms with E-state index in [1.54, 1.807) is 12.1 Å².